The number of rotatable bonds is 3. The summed E-state index contributed by atoms with van der Waals surface area (Å²) < 4.78 is 29.6. The molecule has 1 N–H and O–H groups in total. The first-order chi connectivity index (χ1) is 10.3. The number of anilines is 1. The first-order valence-electron chi connectivity index (χ1n) is 6.48. The lowest BCUT2D eigenvalue weighted by atomic mass is 10.1. The molecule has 0 spiro atoms. The lowest BCUT2D eigenvalue weighted by Gasteiger charge is -2.40. The van der Waals surface area contributed by atoms with Crippen molar-refractivity contribution < 1.29 is 23.4 Å². The second-order valence-corrected chi connectivity index (χ2v) is 6.12. The van der Waals surface area contributed by atoms with Crippen LogP contribution in [0.25, 0.3) is 0 Å². The number of hydrogen-bond donors (Lipinski definition) is 1. The lowest BCUT2D eigenvalue weighted by molar-refractivity contribution is -0.0498. The van der Waals surface area contributed by atoms with Crippen molar-refractivity contribution in [3.8, 4) is 5.75 Å². The molecule has 1 aromatic rings. The van der Waals surface area contributed by atoms with Crippen LogP contribution in [-0.4, -0.2) is 48.4 Å². The van der Waals surface area contributed by atoms with E-state index < -0.39 is 12.7 Å². The van der Waals surface area contributed by atoms with E-state index in [9.17, 15) is 13.6 Å². The fraction of sp³-hybridized carbons (Fsp3) is 0.462. The Morgan fingerprint density at radius 1 is 1.50 bits per heavy atom. The molecule has 122 valence electrons. The van der Waals surface area contributed by atoms with Gasteiger partial charge in [0.1, 0.15) is 5.75 Å². The van der Waals surface area contributed by atoms with Crippen LogP contribution in [0.15, 0.2) is 16.6 Å². The van der Waals surface area contributed by atoms with Crippen molar-refractivity contribution >= 4 is 39.3 Å². The predicted octanol–water partition coefficient (Wildman–Crippen LogP) is 3.89. The molecule has 1 heterocycles. The summed E-state index contributed by atoms with van der Waals surface area (Å²) in [5.41, 5.74) is 0.532. The van der Waals surface area contributed by atoms with Crippen LogP contribution in [0.4, 0.5) is 19.3 Å². The van der Waals surface area contributed by atoms with Crippen LogP contribution in [0.5, 0.6) is 5.75 Å². The van der Waals surface area contributed by atoms with Crippen LogP contribution in [0.2, 0.25) is 5.02 Å². The Morgan fingerprint density at radius 2 is 2.18 bits per heavy atom. The Kier molecular flexibility index (Phi) is 5.33. The molecule has 1 saturated heterocycles. The van der Waals surface area contributed by atoms with Crippen LogP contribution in [0.1, 0.15) is 6.92 Å². The highest BCUT2D eigenvalue weighted by molar-refractivity contribution is 9.10. The van der Waals surface area contributed by atoms with Gasteiger partial charge in [-0.25, -0.2) is 4.79 Å². The number of hydrogen-bond acceptors (Lipinski definition) is 3. The third kappa shape index (κ3) is 3.73. The summed E-state index contributed by atoms with van der Waals surface area (Å²) in [6.45, 7) is -0.0451. The molecule has 9 heteroatoms. The molecular weight excluding hydrogens is 386 g/mol. The van der Waals surface area contributed by atoms with Crippen molar-refractivity contribution in [2.24, 2.45) is 0 Å². The first-order valence-corrected chi connectivity index (χ1v) is 7.65. The van der Waals surface area contributed by atoms with Gasteiger partial charge in [-0.1, -0.05) is 11.6 Å². The molecule has 1 aliphatic rings. The van der Waals surface area contributed by atoms with Crippen LogP contribution in [0, 0.1) is 0 Å². The van der Waals surface area contributed by atoms with Gasteiger partial charge in [0.15, 0.2) is 0 Å². The number of ether oxygens (including phenoxy) is 1. The Balaban J connectivity index is 2.28. The minimum Gasteiger partial charge on any atom is -0.465 e. The highest BCUT2D eigenvalue weighted by Crippen LogP contribution is 2.39. The molecule has 1 fully saturated rings. The Hall–Kier alpha value is -1.28. The van der Waals surface area contributed by atoms with E-state index in [1.165, 1.54) is 17.0 Å². The van der Waals surface area contributed by atoms with Gasteiger partial charge in [0.05, 0.1) is 10.7 Å². The molecule has 0 aliphatic carbocycles. The third-order valence-corrected chi connectivity index (χ3v) is 4.67. The zero-order chi connectivity index (χ0) is 16.4. The zero-order valence-electron chi connectivity index (χ0n) is 11.6. The van der Waals surface area contributed by atoms with Gasteiger partial charge in [0, 0.05) is 36.2 Å². The van der Waals surface area contributed by atoms with Gasteiger partial charge in [0.25, 0.3) is 0 Å². The number of carbonyl (C=O) groups is 1. The summed E-state index contributed by atoms with van der Waals surface area (Å²) in [4.78, 5) is 14.2. The number of halogens is 4. The highest BCUT2D eigenvalue weighted by Gasteiger charge is 2.28. The number of carboxylic acid groups (broad SMARTS) is 1. The molecule has 0 bridgehead atoms. The molecule has 5 nitrogen and oxygen atoms in total. The van der Waals surface area contributed by atoms with Gasteiger partial charge >= 0.3 is 12.7 Å². The average Bonchev–Trinajstić information content (AvgIpc) is 2.42. The van der Waals surface area contributed by atoms with E-state index in [2.05, 4.69) is 20.7 Å². The van der Waals surface area contributed by atoms with Gasteiger partial charge in [-0.3, -0.25) is 0 Å². The molecule has 0 radical (unpaired) electrons. The SMILES string of the molecule is C[C@H]1CN(C(=O)O)CCN1c1cc(OC(F)F)cc(Br)c1Cl. The number of amides is 1. The van der Waals surface area contributed by atoms with Gasteiger partial charge in [0.2, 0.25) is 0 Å². The molecule has 0 unspecified atom stereocenters. The number of piperazine rings is 1. The van der Waals surface area contributed by atoms with E-state index in [1.807, 2.05) is 11.8 Å². The van der Waals surface area contributed by atoms with E-state index >= 15 is 0 Å². The van der Waals surface area contributed by atoms with Crippen LogP contribution < -0.4 is 9.64 Å². The summed E-state index contributed by atoms with van der Waals surface area (Å²) in [5, 5.41) is 9.40. The average molecular weight is 400 g/mol. The summed E-state index contributed by atoms with van der Waals surface area (Å²) in [6, 6.07) is 2.67. The second-order valence-electron chi connectivity index (χ2n) is 4.89. The Bertz CT molecular complexity index is 576. The predicted molar refractivity (Wildman–Crippen MR) is 82.2 cm³/mol. The normalized spacial score (nSPS) is 18.7. The summed E-state index contributed by atoms with van der Waals surface area (Å²) >= 11 is 9.46. The summed E-state index contributed by atoms with van der Waals surface area (Å²) in [5.74, 6) is -0.00543. The molecule has 0 saturated carbocycles. The van der Waals surface area contributed by atoms with Crippen LogP contribution >= 0.6 is 27.5 Å². The highest BCUT2D eigenvalue weighted by atomic mass is 79.9. The largest absolute Gasteiger partial charge is 0.465 e. The molecule has 1 amide bonds. The van der Waals surface area contributed by atoms with Crippen molar-refractivity contribution in [2.45, 2.75) is 19.6 Å². The van der Waals surface area contributed by atoms with E-state index in [0.29, 0.717) is 34.8 Å². The quantitative estimate of drug-likeness (QED) is 0.838. The molecule has 22 heavy (non-hydrogen) atoms. The monoisotopic (exact) mass is 398 g/mol. The number of alkyl halides is 2. The minimum atomic E-state index is -2.93. The van der Waals surface area contributed by atoms with Gasteiger partial charge in [-0.15, -0.1) is 0 Å². The van der Waals surface area contributed by atoms with E-state index in [0.717, 1.165) is 0 Å². The third-order valence-electron chi connectivity index (χ3n) is 3.42. The van der Waals surface area contributed by atoms with E-state index in [1.54, 1.807) is 0 Å². The van der Waals surface area contributed by atoms with Crippen molar-refractivity contribution in [2.75, 3.05) is 24.5 Å². The Labute approximate surface area is 139 Å². The number of nitrogens with zero attached hydrogens (tertiary/aromatic N) is 2. The van der Waals surface area contributed by atoms with Crippen molar-refractivity contribution in [3.05, 3.63) is 21.6 Å². The van der Waals surface area contributed by atoms with Crippen LogP contribution in [0.3, 0.4) is 0 Å². The van der Waals surface area contributed by atoms with Crippen molar-refractivity contribution in [1.29, 1.82) is 0 Å². The molecular formula is C13H14BrClF2N2O3. The van der Waals surface area contributed by atoms with Crippen LogP contribution in [-0.2, 0) is 0 Å². The maximum absolute atomic E-state index is 12.4. The Morgan fingerprint density at radius 3 is 2.73 bits per heavy atom. The summed E-state index contributed by atoms with van der Waals surface area (Å²) in [7, 11) is 0. The topological polar surface area (TPSA) is 53.0 Å². The number of benzene rings is 1. The first kappa shape index (κ1) is 17.1. The van der Waals surface area contributed by atoms with Crippen molar-refractivity contribution in [1.82, 2.24) is 4.90 Å². The molecule has 0 aromatic heterocycles. The smallest absolute Gasteiger partial charge is 0.407 e. The van der Waals surface area contributed by atoms with E-state index in [-0.39, 0.29) is 11.8 Å². The fourth-order valence-electron chi connectivity index (χ4n) is 2.42. The second kappa shape index (κ2) is 6.87. The maximum atomic E-state index is 12.4. The molecule has 1 aliphatic heterocycles. The van der Waals surface area contributed by atoms with E-state index in [4.69, 9.17) is 16.7 Å². The lowest BCUT2D eigenvalue weighted by Crippen LogP contribution is -2.53. The maximum Gasteiger partial charge on any atom is 0.407 e. The fourth-order valence-corrected chi connectivity index (χ4v) is 3.07. The van der Waals surface area contributed by atoms with Gasteiger partial charge in [-0.2, -0.15) is 8.78 Å². The zero-order valence-corrected chi connectivity index (χ0v) is 13.9. The standard InChI is InChI=1S/C13H14BrClF2N2O3/c1-7-6-18(13(20)21)2-3-19(7)10-5-8(22-12(16)17)4-9(14)11(10)15/h4-5,7,12H,2-3,6H2,1H3,(H,20,21)/t7-/m0/s1. The minimum absolute atomic E-state index is 0.00543. The molecule has 1 atom stereocenters. The molecule has 2 rings (SSSR count). The van der Waals surface area contributed by atoms with Gasteiger partial charge < -0.3 is 19.6 Å². The molecule has 1 aromatic carbocycles. The van der Waals surface area contributed by atoms with Crippen molar-refractivity contribution in [3.63, 3.8) is 0 Å². The summed E-state index contributed by atoms with van der Waals surface area (Å²) in [6.07, 6.45) is -0.978. The van der Waals surface area contributed by atoms with Gasteiger partial charge in [-0.05, 0) is 28.9 Å².